The number of hydrogen-bond acceptors (Lipinski definition) is 5. The zero-order valence-corrected chi connectivity index (χ0v) is 15.0. The van der Waals surface area contributed by atoms with Crippen molar-refractivity contribution in [3.05, 3.63) is 77.8 Å². The van der Waals surface area contributed by atoms with Crippen molar-refractivity contribution in [2.75, 3.05) is 5.32 Å². The Labute approximate surface area is 154 Å². The molecule has 7 heteroatoms. The highest BCUT2D eigenvalue weighted by Gasteiger charge is 2.12. The summed E-state index contributed by atoms with van der Waals surface area (Å²) in [6.45, 7) is 3.25. The zero-order chi connectivity index (χ0) is 17.9. The Hall–Kier alpha value is -2.93. The van der Waals surface area contributed by atoms with Gasteiger partial charge in [0.25, 0.3) is 0 Å². The number of rotatable bonds is 6. The molecule has 3 aromatic heterocycles. The lowest BCUT2D eigenvalue weighted by Gasteiger charge is -2.01. The third-order valence-corrected chi connectivity index (χ3v) is 5.09. The van der Waals surface area contributed by atoms with Crippen molar-refractivity contribution in [3.63, 3.8) is 0 Å². The van der Waals surface area contributed by atoms with E-state index in [1.54, 1.807) is 36.0 Å². The van der Waals surface area contributed by atoms with Gasteiger partial charge in [-0.3, -0.25) is 4.68 Å². The molecular weight excluding hydrogens is 351 g/mol. The Kier molecular flexibility index (Phi) is 4.53. The van der Waals surface area contributed by atoms with Crippen LogP contribution < -0.4 is 5.32 Å². The number of halogens is 1. The minimum atomic E-state index is -0.231. The van der Waals surface area contributed by atoms with Gasteiger partial charge in [-0.2, -0.15) is 5.10 Å². The highest BCUT2D eigenvalue weighted by Crippen LogP contribution is 2.31. The molecule has 0 aliphatic carbocycles. The van der Waals surface area contributed by atoms with Crippen LogP contribution >= 0.6 is 11.3 Å². The monoisotopic (exact) mass is 368 g/mol. The number of nitrogens with one attached hydrogen (secondary N) is 1. The van der Waals surface area contributed by atoms with Crippen LogP contribution in [0, 0.1) is 12.7 Å². The van der Waals surface area contributed by atoms with E-state index in [2.05, 4.69) is 15.4 Å². The van der Waals surface area contributed by atoms with Gasteiger partial charge in [-0.1, -0.05) is 23.5 Å². The summed E-state index contributed by atoms with van der Waals surface area (Å²) in [5.74, 6) is -0.231. The molecular formula is C19H17FN4OS. The zero-order valence-electron chi connectivity index (χ0n) is 14.1. The van der Waals surface area contributed by atoms with Gasteiger partial charge in [-0.05, 0) is 36.8 Å². The molecule has 0 aliphatic rings. The largest absolute Gasteiger partial charge is 0.472 e. The van der Waals surface area contributed by atoms with E-state index in [4.69, 9.17) is 4.42 Å². The highest BCUT2D eigenvalue weighted by atomic mass is 32.1. The van der Waals surface area contributed by atoms with Crippen LogP contribution in [0.3, 0.4) is 0 Å². The number of aromatic nitrogens is 3. The molecule has 26 heavy (non-hydrogen) atoms. The molecule has 1 N–H and O–H groups in total. The van der Waals surface area contributed by atoms with Crippen LogP contribution in [0.15, 0.2) is 59.5 Å². The lowest BCUT2D eigenvalue weighted by atomic mass is 10.2. The van der Waals surface area contributed by atoms with Gasteiger partial charge in [-0.25, -0.2) is 9.37 Å². The predicted octanol–water partition coefficient (Wildman–Crippen LogP) is 4.71. The molecule has 0 bridgehead atoms. The average molecular weight is 368 g/mol. The number of benzene rings is 1. The van der Waals surface area contributed by atoms with Gasteiger partial charge < -0.3 is 9.73 Å². The summed E-state index contributed by atoms with van der Waals surface area (Å²) in [5.41, 5.74) is 3.91. The number of nitrogens with zero attached hydrogens (tertiary/aromatic N) is 3. The van der Waals surface area contributed by atoms with Gasteiger partial charge in [0.15, 0.2) is 5.13 Å². The van der Waals surface area contributed by atoms with E-state index in [-0.39, 0.29) is 5.82 Å². The van der Waals surface area contributed by atoms with Crippen molar-refractivity contribution in [3.8, 4) is 10.6 Å². The standard InChI is InChI=1S/C19H17FN4OS/c1-13-18(26-19(22-13)21-10-15-7-9-25-12-15)17-6-8-24(23-17)11-14-2-4-16(20)5-3-14/h2-9,12H,10-11H2,1H3,(H,21,22). The molecule has 132 valence electrons. The summed E-state index contributed by atoms with van der Waals surface area (Å²) >= 11 is 1.58. The molecule has 0 fully saturated rings. The number of aryl methyl sites for hydroxylation is 1. The van der Waals surface area contributed by atoms with Crippen LogP contribution in [-0.4, -0.2) is 14.8 Å². The molecule has 1 aromatic carbocycles. The highest BCUT2D eigenvalue weighted by molar-refractivity contribution is 7.19. The number of hydrogen-bond donors (Lipinski definition) is 1. The van der Waals surface area contributed by atoms with E-state index in [9.17, 15) is 4.39 Å². The normalized spacial score (nSPS) is 11.0. The Morgan fingerprint density at radius 1 is 1.15 bits per heavy atom. The number of anilines is 1. The van der Waals surface area contributed by atoms with Crippen molar-refractivity contribution >= 4 is 16.5 Å². The smallest absolute Gasteiger partial charge is 0.183 e. The predicted molar refractivity (Wildman–Crippen MR) is 99.6 cm³/mol. The van der Waals surface area contributed by atoms with Crippen LogP contribution in [-0.2, 0) is 13.1 Å². The average Bonchev–Trinajstić information content (AvgIpc) is 3.36. The van der Waals surface area contributed by atoms with Gasteiger partial charge in [0.1, 0.15) is 11.5 Å². The molecule has 0 saturated heterocycles. The second kappa shape index (κ2) is 7.13. The first-order valence-electron chi connectivity index (χ1n) is 8.18. The molecule has 0 atom stereocenters. The van der Waals surface area contributed by atoms with Crippen molar-refractivity contribution in [1.29, 1.82) is 0 Å². The molecule has 0 spiro atoms. The van der Waals surface area contributed by atoms with Gasteiger partial charge in [-0.15, -0.1) is 0 Å². The maximum Gasteiger partial charge on any atom is 0.183 e. The molecule has 3 heterocycles. The summed E-state index contributed by atoms with van der Waals surface area (Å²) in [7, 11) is 0. The summed E-state index contributed by atoms with van der Waals surface area (Å²) < 4.78 is 19.9. The van der Waals surface area contributed by atoms with Crippen LogP contribution in [0.1, 0.15) is 16.8 Å². The first-order valence-corrected chi connectivity index (χ1v) is 9.00. The maximum atomic E-state index is 13.0. The fraction of sp³-hybridized carbons (Fsp3) is 0.158. The Morgan fingerprint density at radius 3 is 2.77 bits per heavy atom. The molecule has 0 aliphatic heterocycles. The fourth-order valence-electron chi connectivity index (χ4n) is 2.63. The van der Waals surface area contributed by atoms with E-state index in [1.807, 2.05) is 29.9 Å². The van der Waals surface area contributed by atoms with Crippen LogP contribution in [0.5, 0.6) is 0 Å². The summed E-state index contributed by atoms with van der Waals surface area (Å²) in [6.07, 6.45) is 5.30. The lowest BCUT2D eigenvalue weighted by molar-refractivity contribution is 0.564. The van der Waals surface area contributed by atoms with Gasteiger partial charge in [0, 0.05) is 18.3 Å². The molecule has 4 rings (SSSR count). The third kappa shape index (κ3) is 3.67. The first-order chi connectivity index (χ1) is 12.7. The van der Waals surface area contributed by atoms with Crippen LogP contribution in [0.25, 0.3) is 10.6 Å². The Morgan fingerprint density at radius 2 is 2.00 bits per heavy atom. The van der Waals surface area contributed by atoms with Crippen LogP contribution in [0.2, 0.25) is 0 Å². The topological polar surface area (TPSA) is 55.9 Å². The summed E-state index contributed by atoms with van der Waals surface area (Å²) in [5, 5.41) is 8.79. The van der Waals surface area contributed by atoms with Crippen molar-refractivity contribution in [2.24, 2.45) is 0 Å². The quantitative estimate of drug-likeness (QED) is 0.536. The third-order valence-electron chi connectivity index (χ3n) is 3.95. The number of furan rings is 1. The minimum absolute atomic E-state index is 0.231. The van der Waals surface area contributed by atoms with Gasteiger partial charge >= 0.3 is 0 Å². The molecule has 0 saturated carbocycles. The molecule has 0 radical (unpaired) electrons. The Bertz CT molecular complexity index is 989. The fourth-order valence-corrected chi connectivity index (χ4v) is 3.56. The van der Waals surface area contributed by atoms with Crippen LogP contribution in [0.4, 0.5) is 9.52 Å². The first kappa shape index (κ1) is 16.5. The SMILES string of the molecule is Cc1nc(NCc2ccoc2)sc1-c1ccn(Cc2ccc(F)cc2)n1. The summed E-state index contributed by atoms with van der Waals surface area (Å²) in [6, 6.07) is 10.4. The van der Waals surface area contributed by atoms with Crippen molar-refractivity contribution in [1.82, 2.24) is 14.8 Å². The van der Waals surface area contributed by atoms with E-state index in [1.165, 1.54) is 12.1 Å². The second-order valence-corrected chi connectivity index (χ2v) is 6.94. The molecule has 5 nitrogen and oxygen atoms in total. The molecule has 0 amide bonds. The molecule has 0 unspecified atom stereocenters. The lowest BCUT2D eigenvalue weighted by Crippen LogP contribution is -2.00. The minimum Gasteiger partial charge on any atom is -0.472 e. The number of thiazole rings is 1. The summed E-state index contributed by atoms with van der Waals surface area (Å²) in [4.78, 5) is 5.61. The van der Waals surface area contributed by atoms with Crippen molar-refractivity contribution in [2.45, 2.75) is 20.0 Å². The second-order valence-electron chi connectivity index (χ2n) is 5.94. The van der Waals surface area contributed by atoms with E-state index < -0.39 is 0 Å². The van der Waals surface area contributed by atoms with E-state index in [0.29, 0.717) is 13.1 Å². The maximum absolute atomic E-state index is 13.0. The van der Waals surface area contributed by atoms with Crippen molar-refractivity contribution < 1.29 is 8.81 Å². The van der Waals surface area contributed by atoms with Gasteiger partial charge in [0.2, 0.25) is 0 Å². The van der Waals surface area contributed by atoms with E-state index >= 15 is 0 Å². The van der Waals surface area contributed by atoms with Gasteiger partial charge in [0.05, 0.1) is 29.6 Å². The molecule has 4 aromatic rings. The van der Waals surface area contributed by atoms with E-state index in [0.717, 1.165) is 32.5 Å². The Balaban J connectivity index is 1.47.